The predicted octanol–water partition coefficient (Wildman–Crippen LogP) is 2.42. The van der Waals surface area contributed by atoms with E-state index in [4.69, 9.17) is 0 Å². The SMILES string of the molecule is CCC(CC)C(=O)NCC(=O)NC(C)c1ccccc1. The fourth-order valence-corrected chi connectivity index (χ4v) is 2.09. The molecule has 0 spiro atoms. The van der Waals surface area contributed by atoms with Crippen LogP contribution in [0.15, 0.2) is 30.3 Å². The molecule has 1 aromatic carbocycles. The summed E-state index contributed by atoms with van der Waals surface area (Å²) in [5.41, 5.74) is 1.05. The van der Waals surface area contributed by atoms with Gasteiger partial charge in [-0.1, -0.05) is 44.2 Å². The first kappa shape index (κ1) is 16.2. The molecule has 1 unspecified atom stereocenters. The summed E-state index contributed by atoms with van der Waals surface area (Å²) in [6.07, 6.45) is 1.59. The Balaban J connectivity index is 2.39. The van der Waals surface area contributed by atoms with Crippen LogP contribution in [0.25, 0.3) is 0 Å². The first-order chi connectivity index (χ1) is 9.58. The van der Waals surface area contributed by atoms with Gasteiger partial charge in [-0.2, -0.15) is 0 Å². The number of nitrogens with one attached hydrogen (secondary N) is 2. The molecule has 2 N–H and O–H groups in total. The van der Waals surface area contributed by atoms with Crippen molar-refractivity contribution in [3.8, 4) is 0 Å². The van der Waals surface area contributed by atoms with Gasteiger partial charge in [-0.3, -0.25) is 9.59 Å². The third-order valence-corrected chi connectivity index (χ3v) is 3.46. The lowest BCUT2D eigenvalue weighted by molar-refractivity contribution is -0.128. The standard InChI is InChI=1S/C16H24N2O2/c1-4-13(5-2)16(20)17-11-15(19)18-12(3)14-9-7-6-8-10-14/h6-10,12-13H,4-5,11H2,1-3H3,(H,17,20)(H,18,19). The summed E-state index contributed by atoms with van der Waals surface area (Å²) in [7, 11) is 0. The highest BCUT2D eigenvalue weighted by atomic mass is 16.2. The molecule has 4 nitrogen and oxygen atoms in total. The minimum atomic E-state index is -0.166. The smallest absolute Gasteiger partial charge is 0.239 e. The number of amides is 2. The average Bonchev–Trinajstić information content (AvgIpc) is 2.47. The Labute approximate surface area is 121 Å². The quantitative estimate of drug-likeness (QED) is 0.803. The molecule has 1 aromatic rings. The molecule has 1 rings (SSSR count). The van der Waals surface area contributed by atoms with E-state index in [9.17, 15) is 9.59 Å². The zero-order valence-corrected chi connectivity index (χ0v) is 12.5. The fraction of sp³-hybridized carbons (Fsp3) is 0.500. The molecular formula is C16H24N2O2. The zero-order valence-electron chi connectivity index (χ0n) is 12.5. The maximum atomic E-state index is 11.8. The predicted molar refractivity (Wildman–Crippen MR) is 80.1 cm³/mol. The normalized spacial score (nSPS) is 12.0. The summed E-state index contributed by atoms with van der Waals surface area (Å²) in [6, 6.07) is 9.68. The Morgan fingerprint density at radius 2 is 1.70 bits per heavy atom. The minimum absolute atomic E-state index is 0.00523. The molecule has 110 valence electrons. The second-order valence-electron chi connectivity index (χ2n) is 4.93. The largest absolute Gasteiger partial charge is 0.348 e. The van der Waals surface area contributed by atoms with Crippen LogP contribution in [-0.4, -0.2) is 18.4 Å². The molecule has 0 fully saturated rings. The molecule has 20 heavy (non-hydrogen) atoms. The van der Waals surface area contributed by atoms with Gasteiger partial charge in [0.25, 0.3) is 0 Å². The Bertz CT molecular complexity index is 427. The van der Waals surface area contributed by atoms with Gasteiger partial charge >= 0.3 is 0 Å². The van der Waals surface area contributed by atoms with Crippen LogP contribution in [0.4, 0.5) is 0 Å². The van der Waals surface area contributed by atoms with Gasteiger partial charge in [-0.25, -0.2) is 0 Å². The Kier molecular flexibility index (Phi) is 6.77. The van der Waals surface area contributed by atoms with E-state index in [0.717, 1.165) is 18.4 Å². The van der Waals surface area contributed by atoms with Gasteiger partial charge in [0.2, 0.25) is 11.8 Å². The van der Waals surface area contributed by atoms with E-state index in [1.165, 1.54) is 0 Å². The highest BCUT2D eigenvalue weighted by Gasteiger charge is 2.15. The number of carbonyl (C=O) groups excluding carboxylic acids is 2. The van der Waals surface area contributed by atoms with Crippen molar-refractivity contribution in [2.75, 3.05) is 6.54 Å². The van der Waals surface area contributed by atoms with Crippen LogP contribution in [-0.2, 0) is 9.59 Å². The van der Waals surface area contributed by atoms with E-state index in [-0.39, 0.29) is 30.3 Å². The van der Waals surface area contributed by atoms with Gasteiger partial charge in [-0.05, 0) is 25.3 Å². The van der Waals surface area contributed by atoms with Crippen LogP contribution in [0.5, 0.6) is 0 Å². The number of carbonyl (C=O) groups is 2. The molecule has 0 saturated heterocycles. The van der Waals surface area contributed by atoms with Gasteiger partial charge in [0, 0.05) is 5.92 Å². The topological polar surface area (TPSA) is 58.2 Å². The maximum Gasteiger partial charge on any atom is 0.239 e. The molecule has 4 heteroatoms. The van der Waals surface area contributed by atoms with Crippen LogP contribution in [0.1, 0.15) is 45.2 Å². The third-order valence-electron chi connectivity index (χ3n) is 3.46. The van der Waals surface area contributed by atoms with Gasteiger partial charge < -0.3 is 10.6 Å². The summed E-state index contributed by atoms with van der Waals surface area (Å²) in [5, 5.41) is 5.56. The molecule has 2 amide bonds. The summed E-state index contributed by atoms with van der Waals surface area (Å²) in [4.78, 5) is 23.6. The summed E-state index contributed by atoms with van der Waals surface area (Å²) in [6.45, 7) is 5.92. The van der Waals surface area contributed by atoms with Crippen molar-refractivity contribution in [2.24, 2.45) is 5.92 Å². The van der Waals surface area contributed by atoms with Crippen molar-refractivity contribution in [3.05, 3.63) is 35.9 Å². The highest BCUT2D eigenvalue weighted by molar-refractivity contribution is 5.85. The van der Waals surface area contributed by atoms with Crippen LogP contribution >= 0.6 is 0 Å². The van der Waals surface area contributed by atoms with Crippen molar-refractivity contribution in [1.82, 2.24) is 10.6 Å². The molecule has 0 saturated carbocycles. The van der Waals surface area contributed by atoms with E-state index in [0.29, 0.717) is 0 Å². The van der Waals surface area contributed by atoms with Crippen LogP contribution in [0.2, 0.25) is 0 Å². The summed E-state index contributed by atoms with van der Waals surface area (Å²) < 4.78 is 0. The number of benzene rings is 1. The molecular weight excluding hydrogens is 252 g/mol. The van der Waals surface area contributed by atoms with Crippen LogP contribution < -0.4 is 10.6 Å². The number of hydrogen-bond donors (Lipinski definition) is 2. The molecule has 0 bridgehead atoms. The fourth-order valence-electron chi connectivity index (χ4n) is 2.09. The third kappa shape index (κ3) is 5.03. The Hall–Kier alpha value is -1.84. The summed E-state index contributed by atoms with van der Waals surface area (Å²) >= 11 is 0. The van der Waals surface area contributed by atoms with Crippen LogP contribution in [0, 0.1) is 5.92 Å². The second-order valence-corrected chi connectivity index (χ2v) is 4.93. The highest BCUT2D eigenvalue weighted by Crippen LogP contribution is 2.10. The van der Waals surface area contributed by atoms with E-state index in [2.05, 4.69) is 10.6 Å². The van der Waals surface area contributed by atoms with Crippen molar-refractivity contribution < 1.29 is 9.59 Å². The van der Waals surface area contributed by atoms with E-state index in [1.807, 2.05) is 51.1 Å². The molecule has 0 aliphatic carbocycles. The van der Waals surface area contributed by atoms with Gasteiger partial charge in [0.15, 0.2) is 0 Å². The van der Waals surface area contributed by atoms with Gasteiger partial charge in [-0.15, -0.1) is 0 Å². The summed E-state index contributed by atoms with van der Waals surface area (Å²) in [5.74, 6) is -0.215. The van der Waals surface area contributed by atoms with Crippen molar-refractivity contribution in [3.63, 3.8) is 0 Å². The number of hydrogen-bond acceptors (Lipinski definition) is 2. The minimum Gasteiger partial charge on any atom is -0.348 e. The van der Waals surface area contributed by atoms with Gasteiger partial charge in [0.05, 0.1) is 12.6 Å². The monoisotopic (exact) mass is 276 g/mol. The first-order valence-electron chi connectivity index (χ1n) is 7.20. The van der Waals surface area contributed by atoms with Crippen molar-refractivity contribution in [1.29, 1.82) is 0 Å². The molecule has 0 aliphatic heterocycles. The molecule has 1 atom stereocenters. The van der Waals surface area contributed by atoms with Crippen molar-refractivity contribution >= 4 is 11.8 Å². The molecule has 0 aliphatic rings. The lowest BCUT2D eigenvalue weighted by Crippen LogP contribution is -2.40. The van der Waals surface area contributed by atoms with E-state index >= 15 is 0 Å². The second kappa shape index (κ2) is 8.35. The average molecular weight is 276 g/mol. The first-order valence-corrected chi connectivity index (χ1v) is 7.20. The molecule has 0 radical (unpaired) electrons. The Morgan fingerprint density at radius 3 is 2.25 bits per heavy atom. The lowest BCUT2D eigenvalue weighted by Gasteiger charge is -2.16. The van der Waals surface area contributed by atoms with Crippen molar-refractivity contribution in [2.45, 2.75) is 39.7 Å². The Morgan fingerprint density at radius 1 is 1.10 bits per heavy atom. The lowest BCUT2D eigenvalue weighted by atomic mass is 10.0. The maximum absolute atomic E-state index is 11.8. The zero-order chi connectivity index (χ0) is 15.0. The van der Waals surface area contributed by atoms with Gasteiger partial charge in [0.1, 0.15) is 0 Å². The number of rotatable bonds is 7. The molecule has 0 aromatic heterocycles. The van der Waals surface area contributed by atoms with E-state index < -0.39 is 0 Å². The van der Waals surface area contributed by atoms with Crippen LogP contribution in [0.3, 0.4) is 0 Å². The molecule has 0 heterocycles. The van der Waals surface area contributed by atoms with E-state index in [1.54, 1.807) is 0 Å².